The summed E-state index contributed by atoms with van der Waals surface area (Å²) in [4.78, 5) is 2.70. The van der Waals surface area contributed by atoms with Gasteiger partial charge in [0.15, 0.2) is 0 Å². The van der Waals surface area contributed by atoms with Gasteiger partial charge in [-0.3, -0.25) is 4.90 Å². The van der Waals surface area contributed by atoms with Crippen molar-refractivity contribution < 1.29 is 0 Å². The monoisotopic (exact) mass is 226 g/mol. The second-order valence-corrected chi connectivity index (χ2v) is 5.47. The number of rotatable bonds is 7. The molecule has 1 N–H and O–H groups in total. The molecule has 96 valence electrons. The van der Waals surface area contributed by atoms with Crippen molar-refractivity contribution in [3.05, 3.63) is 0 Å². The third-order valence-electron chi connectivity index (χ3n) is 3.69. The van der Waals surface area contributed by atoms with Crippen LogP contribution in [0.3, 0.4) is 0 Å². The number of hydrogen-bond donors (Lipinski definition) is 1. The minimum atomic E-state index is 0.747. The summed E-state index contributed by atoms with van der Waals surface area (Å²) in [5, 5.41) is 3.62. The molecule has 1 aliphatic rings. The zero-order valence-corrected chi connectivity index (χ0v) is 11.5. The van der Waals surface area contributed by atoms with Gasteiger partial charge in [0.1, 0.15) is 0 Å². The highest BCUT2D eigenvalue weighted by molar-refractivity contribution is 4.79. The molecule has 0 aromatic heterocycles. The number of nitrogens with zero attached hydrogens (tertiary/aromatic N) is 1. The van der Waals surface area contributed by atoms with Crippen molar-refractivity contribution in [1.29, 1.82) is 0 Å². The summed E-state index contributed by atoms with van der Waals surface area (Å²) < 4.78 is 0. The van der Waals surface area contributed by atoms with Gasteiger partial charge in [0, 0.05) is 12.6 Å². The molecule has 0 saturated carbocycles. The van der Waals surface area contributed by atoms with Gasteiger partial charge in [0.25, 0.3) is 0 Å². The van der Waals surface area contributed by atoms with Gasteiger partial charge >= 0.3 is 0 Å². The summed E-state index contributed by atoms with van der Waals surface area (Å²) in [6, 6.07) is 0.747. The number of unbranched alkanes of at least 4 members (excludes halogenated alkanes) is 1. The maximum absolute atomic E-state index is 3.62. The fourth-order valence-electron chi connectivity index (χ4n) is 2.59. The van der Waals surface area contributed by atoms with Crippen molar-refractivity contribution in [2.45, 2.75) is 58.9 Å². The minimum Gasteiger partial charge on any atom is -0.315 e. The largest absolute Gasteiger partial charge is 0.315 e. The van der Waals surface area contributed by atoms with Crippen LogP contribution in [0.25, 0.3) is 0 Å². The number of likely N-dealkylation sites (tertiary alicyclic amines) is 1. The summed E-state index contributed by atoms with van der Waals surface area (Å²) in [5.74, 6) is 0.771. The Balaban J connectivity index is 2.28. The lowest BCUT2D eigenvalue weighted by atomic mass is 9.99. The van der Waals surface area contributed by atoms with E-state index in [0.29, 0.717) is 0 Å². The molecule has 0 amide bonds. The van der Waals surface area contributed by atoms with Gasteiger partial charge in [-0.15, -0.1) is 0 Å². The van der Waals surface area contributed by atoms with Crippen molar-refractivity contribution in [2.75, 3.05) is 26.2 Å². The molecule has 16 heavy (non-hydrogen) atoms. The number of nitrogens with one attached hydrogen (secondary N) is 1. The maximum atomic E-state index is 3.62. The van der Waals surface area contributed by atoms with Gasteiger partial charge in [-0.25, -0.2) is 0 Å². The van der Waals surface area contributed by atoms with Crippen molar-refractivity contribution in [3.8, 4) is 0 Å². The van der Waals surface area contributed by atoms with Gasteiger partial charge < -0.3 is 5.32 Å². The quantitative estimate of drug-likeness (QED) is 0.672. The van der Waals surface area contributed by atoms with Crippen LogP contribution in [0.1, 0.15) is 52.9 Å². The number of piperidine rings is 1. The Bertz CT molecular complexity index is 162. The second-order valence-electron chi connectivity index (χ2n) is 5.47. The molecule has 2 nitrogen and oxygen atoms in total. The van der Waals surface area contributed by atoms with E-state index < -0.39 is 0 Å². The van der Waals surface area contributed by atoms with Gasteiger partial charge in [-0.2, -0.15) is 0 Å². The van der Waals surface area contributed by atoms with E-state index in [4.69, 9.17) is 0 Å². The highest BCUT2D eigenvalue weighted by Gasteiger charge is 2.22. The Morgan fingerprint density at radius 3 is 2.38 bits per heavy atom. The van der Waals surface area contributed by atoms with E-state index in [-0.39, 0.29) is 0 Å². The topological polar surface area (TPSA) is 15.3 Å². The molecular weight excluding hydrogens is 196 g/mol. The highest BCUT2D eigenvalue weighted by Crippen LogP contribution is 2.16. The molecule has 2 heteroatoms. The lowest BCUT2D eigenvalue weighted by Crippen LogP contribution is -2.47. The lowest BCUT2D eigenvalue weighted by molar-refractivity contribution is 0.126. The molecule has 0 aromatic carbocycles. The van der Waals surface area contributed by atoms with E-state index in [1.165, 1.54) is 58.3 Å². The van der Waals surface area contributed by atoms with Gasteiger partial charge in [0.2, 0.25) is 0 Å². The van der Waals surface area contributed by atoms with Gasteiger partial charge in [0.05, 0.1) is 0 Å². The Morgan fingerprint density at radius 2 is 1.81 bits per heavy atom. The molecule has 1 atom stereocenters. The predicted octanol–water partition coefficient (Wildman–Crippen LogP) is 2.89. The van der Waals surface area contributed by atoms with Crippen LogP contribution in [0.4, 0.5) is 0 Å². The minimum absolute atomic E-state index is 0.747. The average Bonchev–Trinajstić information content (AvgIpc) is 2.30. The molecule has 1 aliphatic heterocycles. The Kier molecular flexibility index (Phi) is 7.06. The van der Waals surface area contributed by atoms with Gasteiger partial charge in [-0.05, 0) is 44.8 Å². The smallest absolute Gasteiger partial charge is 0.0243 e. The molecule has 1 saturated heterocycles. The van der Waals surface area contributed by atoms with Crippen LogP contribution in [-0.4, -0.2) is 37.1 Å². The fourth-order valence-corrected chi connectivity index (χ4v) is 2.59. The van der Waals surface area contributed by atoms with E-state index in [1.807, 2.05) is 0 Å². The van der Waals surface area contributed by atoms with Crippen molar-refractivity contribution in [1.82, 2.24) is 10.2 Å². The third kappa shape index (κ3) is 4.84. The Hall–Kier alpha value is -0.0800. The van der Waals surface area contributed by atoms with E-state index >= 15 is 0 Å². The van der Waals surface area contributed by atoms with Crippen molar-refractivity contribution >= 4 is 0 Å². The Morgan fingerprint density at radius 1 is 1.12 bits per heavy atom. The first-order valence-corrected chi connectivity index (χ1v) is 7.20. The van der Waals surface area contributed by atoms with Crippen LogP contribution in [0.15, 0.2) is 0 Å². The fraction of sp³-hybridized carbons (Fsp3) is 1.00. The Labute approximate surface area is 102 Å². The molecule has 0 aromatic rings. The van der Waals surface area contributed by atoms with E-state index in [1.54, 1.807) is 0 Å². The standard InChI is InChI=1S/C14H30N2/c1-4-5-9-15-12-14(13(2)3)16-10-7-6-8-11-16/h13-15H,4-12H2,1-3H3. The summed E-state index contributed by atoms with van der Waals surface area (Å²) in [5.41, 5.74) is 0. The maximum Gasteiger partial charge on any atom is 0.0243 e. The van der Waals surface area contributed by atoms with Gasteiger partial charge in [-0.1, -0.05) is 33.6 Å². The summed E-state index contributed by atoms with van der Waals surface area (Å²) in [7, 11) is 0. The van der Waals surface area contributed by atoms with E-state index in [0.717, 1.165) is 12.0 Å². The second kappa shape index (κ2) is 8.08. The van der Waals surface area contributed by atoms with Crippen molar-refractivity contribution in [3.63, 3.8) is 0 Å². The first kappa shape index (κ1) is 14.0. The average molecular weight is 226 g/mol. The molecule has 1 heterocycles. The van der Waals surface area contributed by atoms with Crippen LogP contribution in [0.5, 0.6) is 0 Å². The van der Waals surface area contributed by atoms with E-state index in [9.17, 15) is 0 Å². The van der Waals surface area contributed by atoms with Crippen LogP contribution in [0, 0.1) is 5.92 Å². The number of hydrogen-bond acceptors (Lipinski definition) is 2. The normalized spacial score (nSPS) is 20.2. The van der Waals surface area contributed by atoms with Crippen LogP contribution in [0.2, 0.25) is 0 Å². The summed E-state index contributed by atoms with van der Waals surface area (Å²) in [6.07, 6.45) is 6.84. The van der Waals surface area contributed by atoms with Crippen LogP contribution >= 0.6 is 0 Å². The molecule has 1 unspecified atom stereocenters. The van der Waals surface area contributed by atoms with E-state index in [2.05, 4.69) is 31.0 Å². The first-order valence-electron chi connectivity index (χ1n) is 7.20. The zero-order chi connectivity index (χ0) is 11.8. The molecule has 0 radical (unpaired) electrons. The SMILES string of the molecule is CCCCNCC(C(C)C)N1CCCCC1. The zero-order valence-electron chi connectivity index (χ0n) is 11.5. The molecule has 0 bridgehead atoms. The van der Waals surface area contributed by atoms with Crippen LogP contribution in [-0.2, 0) is 0 Å². The summed E-state index contributed by atoms with van der Waals surface area (Å²) in [6.45, 7) is 12.0. The molecule has 1 fully saturated rings. The lowest BCUT2D eigenvalue weighted by Gasteiger charge is -2.37. The third-order valence-corrected chi connectivity index (χ3v) is 3.69. The molecule has 0 spiro atoms. The summed E-state index contributed by atoms with van der Waals surface area (Å²) >= 11 is 0. The van der Waals surface area contributed by atoms with Crippen LogP contribution < -0.4 is 5.32 Å². The van der Waals surface area contributed by atoms with Crippen molar-refractivity contribution in [2.24, 2.45) is 5.92 Å². The first-order chi connectivity index (χ1) is 7.75. The predicted molar refractivity (Wildman–Crippen MR) is 71.8 cm³/mol. The molecule has 1 rings (SSSR count). The highest BCUT2D eigenvalue weighted by atomic mass is 15.2. The molecular formula is C14H30N2. The molecule has 0 aliphatic carbocycles.